The van der Waals surface area contributed by atoms with Crippen molar-refractivity contribution in [2.24, 2.45) is 11.7 Å². The average Bonchev–Trinajstić information content (AvgIpc) is 2.25. The summed E-state index contributed by atoms with van der Waals surface area (Å²) in [5, 5.41) is 11.8. The molecular formula is C11H22N2O3. The molecule has 0 aliphatic carbocycles. The van der Waals surface area contributed by atoms with Crippen LogP contribution in [0.25, 0.3) is 0 Å². The molecule has 0 fully saturated rings. The lowest BCUT2D eigenvalue weighted by molar-refractivity contribution is -0.148. The molecule has 5 nitrogen and oxygen atoms in total. The molecule has 0 aromatic heterocycles. The first-order chi connectivity index (χ1) is 7.43. The SMILES string of the molecule is CCC(CC)(NC(=O)C(C)CCN)C(=O)O. The van der Waals surface area contributed by atoms with Crippen molar-refractivity contribution < 1.29 is 14.7 Å². The van der Waals surface area contributed by atoms with Crippen molar-refractivity contribution in [2.75, 3.05) is 6.54 Å². The lowest BCUT2D eigenvalue weighted by Crippen LogP contribution is -2.55. The molecule has 16 heavy (non-hydrogen) atoms. The van der Waals surface area contributed by atoms with Crippen molar-refractivity contribution in [3.8, 4) is 0 Å². The van der Waals surface area contributed by atoms with Gasteiger partial charge in [0.2, 0.25) is 5.91 Å². The molecule has 1 unspecified atom stereocenters. The molecule has 0 aliphatic rings. The zero-order valence-electron chi connectivity index (χ0n) is 10.2. The van der Waals surface area contributed by atoms with Gasteiger partial charge in [-0.05, 0) is 25.8 Å². The Labute approximate surface area is 96.4 Å². The third-order valence-electron chi connectivity index (χ3n) is 3.03. The van der Waals surface area contributed by atoms with Gasteiger partial charge >= 0.3 is 5.97 Å². The molecular weight excluding hydrogens is 208 g/mol. The molecule has 0 rings (SSSR count). The van der Waals surface area contributed by atoms with Gasteiger partial charge in [-0.15, -0.1) is 0 Å². The van der Waals surface area contributed by atoms with Crippen LogP contribution in [-0.4, -0.2) is 29.1 Å². The molecule has 0 spiro atoms. The standard InChI is InChI=1S/C11H22N2O3/c1-4-11(5-2,10(15)16)13-9(14)8(3)6-7-12/h8H,4-7,12H2,1-3H3,(H,13,14)(H,15,16). The lowest BCUT2D eigenvalue weighted by atomic mass is 9.91. The van der Waals surface area contributed by atoms with Crippen LogP contribution in [-0.2, 0) is 9.59 Å². The van der Waals surface area contributed by atoms with Crippen molar-refractivity contribution in [1.29, 1.82) is 0 Å². The van der Waals surface area contributed by atoms with E-state index in [0.717, 1.165) is 0 Å². The second-order valence-electron chi connectivity index (χ2n) is 4.06. The summed E-state index contributed by atoms with van der Waals surface area (Å²) >= 11 is 0. The maximum Gasteiger partial charge on any atom is 0.329 e. The molecule has 0 aromatic carbocycles. The first kappa shape index (κ1) is 14.9. The highest BCUT2D eigenvalue weighted by atomic mass is 16.4. The summed E-state index contributed by atoms with van der Waals surface area (Å²) in [6.45, 7) is 5.68. The van der Waals surface area contributed by atoms with Gasteiger partial charge in [0.15, 0.2) is 0 Å². The van der Waals surface area contributed by atoms with Gasteiger partial charge in [-0.2, -0.15) is 0 Å². The smallest absolute Gasteiger partial charge is 0.329 e. The number of carboxylic acid groups (broad SMARTS) is 1. The molecule has 0 aliphatic heterocycles. The summed E-state index contributed by atoms with van der Waals surface area (Å²) < 4.78 is 0. The van der Waals surface area contributed by atoms with E-state index in [9.17, 15) is 9.59 Å². The van der Waals surface area contributed by atoms with E-state index in [4.69, 9.17) is 10.8 Å². The maximum atomic E-state index is 11.7. The Morgan fingerprint density at radius 2 is 1.88 bits per heavy atom. The average molecular weight is 230 g/mol. The Balaban J connectivity index is 4.64. The molecule has 4 N–H and O–H groups in total. The number of aliphatic carboxylic acids is 1. The fraction of sp³-hybridized carbons (Fsp3) is 0.818. The minimum absolute atomic E-state index is 0.239. The van der Waals surface area contributed by atoms with Crippen LogP contribution in [0.15, 0.2) is 0 Å². The Hall–Kier alpha value is -1.10. The van der Waals surface area contributed by atoms with E-state index in [1.54, 1.807) is 20.8 Å². The number of nitrogens with one attached hydrogen (secondary N) is 1. The zero-order chi connectivity index (χ0) is 12.8. The Morgan fingerprint density at radius 3 is 2.19 bits per heavy atom. The van der Waals surface area contributed by atoms with Crippen LogP contribution >= 0.6 is 0 Å². The molecule has 0 bridgehead atoms. The van der Waals surface area contributed by atoms with Gasteiger partial charge in [0.05, 0.1) is 0 Å². The van der Waals surface area contributed by atoms with E-state index >= 15 is 0 Å². The largest absolute Gasteiger partial charge is 0.480 e. The van der Waals surface area contributed by atoms with Gasteiger partial charge in [-0.1, -0.05) is 20.8 Å². The summed E-state index contributed by atoms with van der Waals surface area (Å²) in [5.74, 6) is -1.47. The number of hydrogen-bond donors (Lipinski definition) is 3. The van der Waals surface area contributed by atoms with Crippen LogP contribution in [0.2, 0.25) is 0 Å². The maximum absolute atomic E-state index is 11.7. The fourth-order valence-corrected chi connectivity index (χ4v) is 1.52. The van der Waals surface area contributed by atoms with Gasteiger partial charge in [-0.3, -0.25) is 4.79 Å². The molecule has 5 heteroatoms. The van der Waals surface area contributed by atoms with Crippen molar-refractivity contribution in [3.05, 3.63) is 0 Å². The first-order valence-corrected chi connectivity index (χ1v) is 5.69. The molecule has 0 saturated heterocycles. The first-order valence-electron chi connectivity index (χ1n) is 5.69. The molecule has 1 amide bonds. The second kappa shape index (κ2) is 6.48. The topological polar surface area (TPSA) is 92.4 Å². The van der Waals surface area contributed by atoms with Crippen molar-refractivity contribution in [2.45, 2.75) is 45.6 Å². The number of hydrogen-bond acceptors (Lipinski definition) is 3. The normalized spacial score (nSPS) is 13.2. The number of carboxylic acids is 1. The summed E-state index contributed by atoms with van der Waals surface area (Å²) in [4.78, 5) is 22.9. The number of amides is 1. The van der Waals surface area contributed by atoms with E-state index in [2.05, 4.69) is 5.32 Å². The van der Waals surface area contributed by atoms with E-state index in [0.29, 0.717) is 25.8 Å². The molecule has 94 valence electrons. The summed E-state index contributed by atoms with van der Waals surface area (Å²) in [5.41, 5.74) is 4.22. The van der Waals surface area contributed by atoms with Gasteiger partial charge in [0, 0.05) is 5.92 Å². The molecule has 0 radical (unpaired) electrons. The quantitative estimate of drug-likeness (QED) is 0.601. The Morgan fingerprint density at radius 1 is 1.38 bits per heavy atom. The zero-order valence-corrected chi connectivity index (χ0v) is 10.2. The third-order valence-corrected chi connectivity index (χ3v) is 3.03. The number of carbonyl (C=O) groups is 2. The van der Waals surface area contributed by atoms with Crippen LogP contribution in [0.3, 0.4) is 0 Å². The van der Waals surface area contributed by atoms with Crippen LogP contribution < -0.4 is 11.1 Å². The van der Waals surface area contributed by atoms with Crippen molar-refractivity contribution >= 4 is 11.9 Å². The summed E-state index contributed by atoms with van der Waals surface area (Å²) in [6.07, 6.45) is 1.31. The van der Waals surface area contributed by atoms with Gasteiger partial charge in [0.1, 0.15) is 5.54 Å². The predicted octanol–water partition coefficient (Wildman–Crippen LogP) is 0.731. The van der Waals surface area contributed by atoms with Crippen LogP contribution in [0.5, 0.6) is 0 Å². The molecule has 0 heterocycles. The van der Waals surface area contributed by atoms with Crippen molar-refractivity contribution in [1.82, 2.24) is 5.32 Å². The van der Waals surface area contributed by atoms with E-state index in [-0.39, 0.29) is 11.8 Å². The summed E-state index contributed by atoms with van der Waals surface area (Å²) in [6, 6.07) is 0. The predicted molar refractivity (Wildman–Crippen MR) is 61.9 cm³/mol. The fourth-order valence-electron chi connectivity index (χ4n) is 1.52. The highest BCUT2D eigenvalue weighted by molar-refractivity contribution is 5.87. The van der Waals surface area contributed by atoms with Crippen LogP contribution in [0, 0.1) is 5.92 Å². The lowest BCUT2D eigenvalue weighted by Gasteiger charge is -2.29. The van der Waals surface area contributed by atoms with Gasteiger partial charge in [-0.25, -0.2) is 4.79 Å². The minimum atomic E-state index is -1.14. The number of nitrogens with two attached hydrogens (primary N) is 1. The Bertz CT molecular complexity index is 250. The van der Waals surface area contributed by atoms with Crippen molar-refractivity contribution in [3.63, 3.8) is 0 Å². The van der Waals surface area contributed by atoms with Crippen LogP contribution in [0.4, 0.5) is 0 Å². The monoisotopic (exact) mass is 230 g/mol. The van der Waals surface area contributed by atoms with Gasteiger partial charge < -0.3 is 16.2 Å². The second-order valence-corrected chi connectivity index (χ2v) is 4.06. The van der Waals surface area contributed by atoms with E-state index < -0.39 is 11.5 Å². The Kier molecular flexibility index (Phi) is 6.03. The highest BCUT2D eigenvalue weighted by Gasteiger charge is 2.37. The molecule has 1 atom stereocenters. The third kappa shape index (κ3) is 3.48. The summed E-state index contributed by atoms with van der Waals surface area (Å²) in [7, 11) is 0. The van der Waals surface area contributed by atoms with E-state index in [1.807, 2.05) is 0 Å². The van der Waals surface area contributed by atoms with Gasteiger partial charge in [0.25, 0.3) is 0 Å². The number of rotatable bonds is 7. The number of carbonyl (C=O) groups excluding carboxylic acids is 1. The minimum Gasteiger partial charge on any atom is -0.480 e. The van der Waals surface area contributed by atoms with Crippen LogP contribution in [0.1, 0.15) is 40.0 Å². The highest BCUT2D eigenvalue weighted by Crippen LogP contribution is 2.16. The molecule has 0 aromatic rings. The van der Waals surface area contributed by atoms with E-state index in [1.165, 1.54) is 0 Å². The molecule has 0 saturated carbocycles.